The largest absolute Gasteiger partial charge is 0.332 e. The molecule has 1 aromatic heterocycles. The van der Waals surface area contributed by atoms with Crippen LogP contribution >= 0.6 is 23.2 Å². The Morgan fingerprint density at radius 1 is 1.20 bits per heavy atom. The third-order valence-corrected chi connectivity index (χ3v) is 2.95. The van der Waals surface area contributed by atoms with Crippen molar-refractivity contribution >= 4 is 34.1 Å². The maximum absolute atomic E-state index is 6.13. The van der Waals surface area contributed by atoms with Gasteiger partial charge in [-0.2, -0.15) is 0 Å². The highest BCUT2D eigenvalue weighted by Gasteiger charge is 2.06. The summed E-state index contributed by atoms with van der Waals surface area (Å²) in [5.41, 5.74) is 6.56. The van der Waals surface area contributed by atoms with Gasteiger partial charge in [-0.15, -0.1) is 0 Å². The molecule has 1 heterocycles. The molecule has 2 aromatic rings. The highest BCUT2D eigenvalue weighted by Crippen LogP contribution is 2.26. The van der Waals surface area contributed by atoms with E-state index in [1.165, 1.54) is 0 Å². The molecule has 0 fully saturated rings. The second-order valence-electron chi connectivity index (χ2n) is 3.46. The molecule has 0 saturated carbocycles. The van der Waals surface area contributed by atoms with E-state index in [0.29, 0.717) is 6.54 Å². The molecule has 0 aliphatic rings. The number of hydrogen-bond donors (Lipinski definition) is 1. The maximum Gasteiger partial charge on any atom is 0.109 e. The molecule has 2 rings (SSSR count). The number of hydrogen-bond acceptors (Lipinski definition) is 1. The number of aryl methyl sites for hydroxylation is 1. The average molecular weight is 243 g/mol. The molecule has 80 valence electrons. The van der Waals surface area contributed by atoms with Crippen LogP contribution in [0.2, 0.25) is 10.2 Å². The summed E-state index contributed by atoms with van der Waals surface area (Å²) < 4.78 is 2.04. The van der Waals surface area contributed by atoms with Crippen molar-refractivity contribution in [2.45, 2.75) is 13.0 Å². The van der Waals surface area contributed by atoms with E-state index in [4.69, 9.17) is 28.9 Å². The van der Waals surface area contributed by atoms with E-state index in [0.717, 1.165) is 34.0 Å². The Bertz CT molecular complexity index is 477. The van der Waals surface area contributed by atoms with E-state index in [1.807, 2.05) is 28.8 Å². The molecule has 15 heavy (non-hydrogen) atoms. The van der Waals surface area contributed by atoms with Crippen LogP contribution in [0.1, 0.15) is 6.42 Å². The number of aromatic nitrogens is 1. The van der Waals surface area contributed by atoms with E-state index < -0.39 is 0 Å². The second kappa shape index (κ2) is 4.44. The molecule has 0 atom stereocenters. The minimum atomic E-state index is 0.663. The van der Waals surface area contributed by atoms with Crippen molar-refractivity contribution in [1.29, 1.82) is 0 Å². The lowest BCUT2D eigenvalue weighted by Gasteiger charge is -2.05. The summed E-state index contributed by atoms with van der Waals surface area (Å²) in [6.45, 7) is 1.50. The molecule has 0 spiro atoms. The van der Waals surface area contributed by atoms with Crippen LogP contribution in [-0.4, -0.2) is 11.1 Å². The fourth-order valence-electron chi connectivity index (χ4n) is 1.67. The van der Waals surface area contributed by atoms with Gasteiger partial charge in [0, 0.05) is 17.0 Å². The molecule has 0 bridgehead atoms. The Balaban J connectivity index is 2.50. The predicted octanol–water partition coefficient (Wildman–Crippen LogP) is 3.30. The lowest BCUT2D eigenvalue weighted by molar-refractivity contribution is 0.671. The lowest BCUT2D eigenvalue weighted by atomic mass is 10.2. The summed E-state index contributed by atoms with van der Waals surface area (Å²) in [4.78, 5) is 0. The Hall–Kier alpha value is -0.700. The average Bonchev–Trinajstić information content (AvgIpc) is 2.51. The van der Waals surface area contributed by atoms with E-state index in [-0.39, 0.29) is 0 Å². The zero-order valence-corrected chi connectivity index (χ0v) is 9.72. The van der Waals surface area contributed by atoms with Gasteiger partial charge in [-0.1, -0.05) is 29.3 Å². The molecule has 0 saturated heterocycles. The monoisotopic (exact) mass is 242 g/mol. The van der Waals surface area contributed by atoms with Crippen molar-refractivity contribution in [1.82, 2.24) is 4.57 Å². The Morgan fingerprint density at radius 2 is 2.00 bits per heavy atom. The van der Waals surface area contributed by atoms with Gasteiger partial charge in [0.1, 0.15) is 5.15 Å². The van der Waals surface area contributed by atoms with Crippen LogP contribution in [0.3, 0.4) is 0 Å². The van der Waals surface area contributed by atoms with E-state index in [9.17, 15) is 0 Å². The normalized spacial score (nSPS) is 11.1. The van der Waals surface area contributed by atoms with Crippen molar-refractivity contribution in [3.8, 4) is 0 Å². The third-order valence-electron chi connectivity index (χ3n) is 2.40. The Kier molecular flexibility index (Phi) is 3.19. The quantitative estimate of drug-likeness (QED) is 0.880. The van der Waals surface area contributed by atoms with Gasteiger partial charge in [0.2, 0.25) is 0 Å². The van der Waals surface area contributed by atoms with Crippen LogP contribution in [-0.2, 0) is 6.54 Å². The minimum Gasteiger partial charge on any atom is -0.332 e. The van der Waals surface area contributed by atoms with E-state index >= 15 is 0 Å². The SMILES string of the molecule is NCCCn1c(Cl)cc2ccc(Cl)cc21. The number of rotatable bonds is 3. The maximum atomic E-state index is 6.13. The first-order chi connectivity index (χ1) is 7.22. The number of halogens is 2. The summed E-state index contributed by atoms with van der Waals surface area (Å²) in [6.07, 6.45) is 0.913. The van der Waals surface area contributed by atoms with Crippen molar-refractivity contribution in [3.63, 3.8) is 0 Å². The molecule has 0 aliphatic heterocycles. The summed E-state index contributed by atoms with van der Waals surface area (Å²) in [6, 6.07) is 7.72. The van der Waals surface area contributed by atoms with Gasteiger partial charge in [0.25, 0.3) is 0 Å². The fraction of sp³-hybridized carbons (Fsp3) is 0.273. The van der Waals surface area contributed by atoms with Gasteiger partial charge in [0.05, 0.1) is 5.52 Å². The fourth-order valence-corrected chi connectivity index (χ4v) is 2.13. The van der Waals surface area contributed by atoms with Gasteiger partial charge >= 0.3 is 0 Å². The molecular weight excluding hydrogens is 231 g/mol. The standard InChI is InChI=1S/C11H12Cl2N2/c12-9-3-2-8-6-11(13)15(5-1-4-14)10(8)7-9/h2-3,6-7H,1,4-5,14H2. The highest BCUT2D eigenvalue weighted by molar-refractivity contribution is 6.32. The number of nitrogens with two attached hydrogens (primary N) is 1. The minimum absolute atomic E-state index is 0.663. The van der Waals surface area contributed by atoms with Gasteiger partial charge in [-0.3, -0.25) is 0 Å². The molecule has 2 nitrogen and oxygen atoms in total. The molecule has 0 aliphatic carbocycles. The van der Waals surface area contributed by atoms with E-state index in [1.54, 1.807) is 0 Å². The molecule has 4 heteroatoms. The number of nitrogens with zero attached hydrogens (tertiary/aromatic N) is 1. The first-order valence-electron chi connectivity index (χ1n) is 4.87. The number of benzene rings is 1. The lowest BCUT2D eigenvalue weighted by Crippen LogP contribution is -2.05. The van der Waals surface area contributed by atoms with Crippen LogP contribution in [0.15, 0.2) is 24.3 Å². The summed E-state index contributed by atoms with van der Waals surface area (Å²) >= 11 is 12.1. The summed E-state index contributed by atoms with van der Waals surface area (Å²) in [7, 11) is 0. The van der Waals surface area contributed by atoms with Crippen LogP contribution in [0.4, 0.5) is 0 Å². The zero-order chi connectivity index (χ0) is 10.8. The third kappa shape index (κ3) is 2.12. The van der Waals surface area contributed by atoms with Crippen molar-refractivity contribution in [3.05, 3.63) is 34.4 Å². The van der Waals surface area contributed by atoms with Gasteiger partial charge in [0.15, 0.2) is 0 Å². The molecule has 0 unspecified atom stereocenters. The molecule has 0 radical (unpaired) electrons. The Morgan fingerprint density at radius 3 is 2.73 bits per heavy atom. The summed E-state index contributed by atoms with van der Waals surface area (Å²) in [5.74, 6) is 0. The van der Waals surface area contributed by atoms with Crippen LogP contribution in [0.25, 0.3) is 10.9 Å². The van der Waals surface area contributed by atoms with Gasteiger partial charge in [-0.05, 0) is 31.2 Å². The number of fused-ring (bicyclic) bond motifs is 1. The van der Waals surface area contributed by atoms with Crippen LogP contribution in [0, 0.1) is 0 Å². The molecule has 1 aromatic carbocycles. The van der Waals surface area contributed by atoms with Crippen molar-refractivity contribution in [2.75, 3.05) is 6.54 Å². The van der Waals surface area contributed by atoms with E-state index in [2.05, 4.69) is 0 Å². The summed E-state index contributed by atoms with van der Waals surface area (Å²) in [5, 5.41) is 2.58. The van der Waals surface area contributed by atoms with Crippen LogP contribution in [0.5, 0.6) is 0 Å². The molecular formula is C11H12Cl2N2. The zero-order valence-electron chi connectivity index (χ0n) is 8.21. The second-order valence-corrected chi connectivity index (χ2v) is 4.29. The van der Waals surface area contributed by atoms with Crippen molar-refractivity contribution < 1.29 is 0 Å². The molecule has 0 amide bonds. The first-order valence-corrected chi connectivity index (χ1v) is 5.62. The van der Waals surface area contributed by atoms with Gasteiger partial charge < -0.3 is 10.3 Å². The van der Waals surface area contributed by atoms with Crippen LogP contribution < -0.4 is 5.73 Å². The molecule has 2 N–H and O–H groups in total. The smallest absolute Gasteiger partial charge is 0.109 e. The Labute approximate surface area is 98.6 Å². The van der Waals surface area contributed by atoms with Gasteiger partial charge in [-0.25, -0.2) is 0 Å². The first kappa shape index (κ1) is 10.8. The topological polar surface area (TPSA) is 30.9 Å². The predicted molar refractivity (Wildman–Crippen MR) is 65.6 cm³/mol. The highest BCUT2D eigenvalue weighted by atomic mass is 35.5. The van der Waals surface area contributed by atoms with Crippen molar-refractivity contribution in [2.24, 2.45) is 5.73 Å².